The van der Waals surface area contributed by atoms with Crippen molar-refractivity contribution >= 4 is 27.7 Å². The summed E-state index contributed by atoms with van der Waals surface area (Å²) in [5, 5.41) is 3.44. The fraction of sp³-hybridized carbons (Fsp3) is 0.417. The van der Waals surface area contributed by atoms with E-state index in [9.17, 15) is 4.79 Å². The largest absolute Gasteiger partial charge is 0.449 e. The Kier molecular flexibility index (Phi) is 5.93. The van der Waals surface area contributed by atoms with Crippen LogP contribution < -0.4 is 5.32 Å². The molecule has 0 spiro atoms. The first-order valence-corrected chi connectivity index (χ1v) is 6.47. The van der Waals surface area contributed by atoms with Crippen LogP contribution in [0.5, 0.6) is 0 Å². The molecule has 1 rings (SSSR count). The number of ether oxygens (including phenoxy) is 1. The molecule has 0 aromatic heterocycles. The van der Waals surface area contributed by atoms with E-state index in [1.54, 1.807) is 0 Å². The Morgan fingerprint density at radius 3 is 2.88 bits per heavy atom. The molecule has 1 aromatic carbocycles. The molecule has 1 N–H and O–H groups in total. The average molecular weight is 286 g/mol. The Labute approximate surface area is 104 Å². The van der Waals surface area contributed by atoms with Crippen molar-refractivity contribution in [1.29, 1.82) is 0 Å². The maximum atomic E-state index is 11.4. The summed E-state index contributed by atoms with van der Waals surface area (Å²) in [5.74, 6) is 0. The number of rotatable bonds is 5. The van der Waals surface area contributed by atoms with E-state index in [1.165, 1.54) is 0 Å². The Balaban J connectivity index is 2.49. The highest BCUT2D eigenvalue weighted by atomic mass is 79.9. The number of alkyl halides is 1. The number of carbonyl (C=O) groups is 1. The lowest BCUT2D eigenvalue weighted by molar-refractivity contribution is 0.160. The number of para-hydroxylation sites is 1. The number of benzene rings is 1. The lowest BCUT2D eigenvalue weighted by Crippen LogP contribution is -2.15. The second kappa shape index (κ2) is 7.28. The van der Waals surface area contributed by atoms with Gasteiger partial charge in [0.05, 0.1) is 6.61 Å². The van der Waals surface area contributed by atoms with E-state index in [1.807, 2.05) is 24.3 Å². The molecule has 0 saturated carbocycles. The molecule has 0 aliphatic rings. The number of amides is 1. The van der Waals surface area contributed by atoms with Gasteiger partial charge in [-0.05, 0) is 18.1 Å². The zero-order chi connectivity index (χ0) is 11.8. The van der Waals surface area contributed by atoms with Gasteiger partial charge in [-0.3, -0.25) is 5.32 Å². The summed E-state index contributed by atoms with van der Waals surface area (Å²) in [5.41, 5.74) is 1.83. The topological polar surface area (TPSA) is 38.3 Å². The van der Waals surface area contributed by atoms with Crippen molar-refractivity contribution in [3.63, 3.8) is 0 Å². The molecule has 0 atom stereocenters. The molecule has 3 nitrogen and oxygen atoms in total. The lowest BCUT2D eigenvalue weighted by atomic mass is 10.2. The third-order valence-corrected chi connectivity index (χ3v) is 2.73. The molecule has 1 amide bonds. The van der Waals surface area contributed by atoms with Gasteiger partial charge in [-0.15, -0.1) is 0 Å². The van der Waals surface area contributed by atoms with Crippen molar-refractivity contribution in [2.45, 2.75) is 25.1 Å². The molecule has 0 radical (unpaired) electrons. The van der Waals surface area contributed by atoms with Gasteiger partial charge in [0.1, 0.15) is 0 Å². The Bertz CT molecular complexity index is 342. The van der Waals surface area contributed by atoms with Crippen molar-refractivity contribution in [3.05, 3.63) is 29.8 Å². The van der Waals surface area contributed by atoms with Crippen LogP contribution in [0.4, 0.5) is 10.5 Å². The van der Waals surface area contributed by atoms with Crippen LogP contribution in [0.3, 0.4) is 0 Å². The van der Waals surface area contributed by atoms with Gasteiger partial charge in [-0.1, -0.05) is 47.5 Å². The molecular weight excluding hydrogens is 270 g/mol. The molecule has 0 fully saturated rings. The van der Waals surface area contributed by atoms with Crippen LogP contribution in [0.25, 0.3) is 0 Å². The lowest BCUT2D eigenvalue weighted by Gasteiger charge is -2.09. The zero-order valence-electron chi connectivity index (χ0n) is 9.33. The summed E-state index contributed by atoms with van der Waals surface area (Å²) in [6.07, 6.45) is 1.53. The second-order valence-electron chi connectivity index (χ2n) is 3.41. The Morgan fingerprint density at radius 2 is 2.19 bits per heavy atom. The zero-order valence-corrected chi connectivity index (χ0v) is 10.9. The van der Waals surface area contributed by atoms with Crippen LogP contribution >= 0.6 is 15.9 Å². The summed E-state index contributed by atoms with van der Waals surface area (Å²) in [4.78, 5) is 11.4. The number of unbranched alkanes of at least 4 members (excludes halogenated alkanes) is 1. The van der Waals surface area contributed by atoms with Gasteiger partial charge in [0.15, 0.2) is 0 Å². The first kappa shape index (κ1) is 13.0. The minimum Gasteiger partial charge on any atom is -0.449 e. The SMILES string of the molecule is CCCCOC(=O)Nc1ccccc1CBr. The normalized spacial score (nSPS) is 9.88. The Hall–Kier alpha value is -1.03. The molecule has 0 saturated heterocycles. The fourth-order valence-corrected chi connectivity index (χ4v) is 1.70. The van der Waals surface area contributed by atoms with Gasteiger partial charge in [0.2, 0.25) is 0 Å². The second-order valence-corrected chi connectivity index (χ2v) is 3.97. The molecule has 1 aromatic rings. The molecule has 0 unspecified atom stereocenters. The van der Waals surface area contributed by atoms with Crippen molar-refractivity contribution in [2.24, 2.45) is 0 Å². The molecule has 0 bridgehead atoms. The van der Waals surface area contributed by atoms with Gasteiger partial charge < -0.3 is 4.74 Å². The highest BCUT2D eigenvalue weighted by Crippen LogP contribution is 2.17. The summed E-state index contributed by atoms with van der Waals surface area (Å²) < 4.78 is 5.02. The molecule has 88 valence electrons. The van der Waals surface area contributed by atoms with Gasteiger partial charge in [-0.2, -0.15) is 0 Å². The van der Waals surface area contributed by atoms with E-state index in [2.05, 4.69) is 28.2 Å². The first-order valence-electron chi connectivity index (χ1n) is 5.35. The first-order chi connectivity index (χ1) is 7.77. The van der Waals surface area contributed by atoms with E-state index >= 15 is 0 Å². The van der Waals surface area contributed by atoms with Crippen molar-refractivity contribution in [2.75, 3.05) is 11.9 Å². The van der Waals surface area contributed by atoms with Gasteiger partial charge in [0, 0.05) is 11.0 Å². The van der Waals surface area contributed by atoms with Crippen LogP contribution in [0.1, 0.15) is 25.3 Å². The molecule has 4 heteroatoms. The number of carbonyl (C=O) groups excluding carboxylic acids is 1. The summed E-state index contributed by atoms with van der Waals surface area (Å²) in [6, 6.07) is 7.63. The van der Waals surface area contributed by atoms with E-state index in [-0.39, 0.29) is 6.09 Å². The monoisotopic (exact) mass is 285 g/mol. The molecule has 0 aliphatic heterocycles. The van der Waals surface area contributed by atoms with Crippen LogP contribution in [-0.4, -0.2) is 12.7 Å². The predicted octanol–water partition coefficient (Wildman–Crippen LogP) is 3.93. The molecular formula is C12H16BrNO2. The average Bonchev–Trinajstić information content (AvgIpc) is 2.30. The summed E-state index contributed by atoms with van der Waals surface area (Å²) in [7, 11) is 0. The standard InChI is InChI=1S/C12H16BrNO2/c1-2-3-8-16-12(15)14-11-7-5-4-6-10(11)9-13/h4-7H,2-3,8-9H2,1H3,(H,14,15). The quantitative estimate of drug-likeness (QED) is 0.658. The fourth-order valence-electron chi connectivity index (χ4n) is 1.21. The third-order valence-electron chi connectivity index (χ3n) is 2.13. The predicted molar refractivity (Wildman–Crippen MR) is 69.0 cm³/mol. The van der Waals surface area contributed by atoms with E-state index < -0.39 is 0 Å². The highest BCUT2D eigenvalue weighted by molar-refractivity contribution is 9.08. The van der Waals surface area contributed by atoms with Crippen molar-refractivity contribution < 1.29 is 9.53 Å². The van der Waals surface area contributed by atoms with Crippen molar-refractivity contribution in [3.8, 4) is 0 Å². The van der Waals surface area contributed by atoms with Crippen LogP contribution in [0.2, 0.25) is 0 Å². The number of halogens is 1. The van der Waals surface area contributed by atoms with E-state index in [0.717, 1.165) is 24.1 Å². The van der Waals surface area contributed by atoms with Crippen LogP contribution in [0, 0.1) is 0 Å². The summed E-state index contributed by atoms with van der Waals surface area (Å²) in [6.45, 7) is 2.53. The van der Waals surface area contributed by atoms with Gasteiger partial charge in [0.25, 0.3) is 0 Å². The third kappa shape index (κ3) is 4.23. The smallest absolute Gasteiger partial charge is 0.411 e. The number of hydrogen-bond donors (Lipinski definition) is 1. The number of hydrogen-bond acceptors (Lipinski definition) is 2. The van der Waals surface area contributed by atoms with E-state index in [0.29, 0.717) is 11.9 Å². The minimum absolute atomic E-state index is 0.387. The maximum Gasteiger partial charge on any atom is 0.411 e. The summed E-state index contributed by atoms with van der Waals surface area (Å²) >= 11 is 3.37. The number of anilines is 1. The van der Waals surface area contributed by atoms with Gasteiger partial charge in [-0.25, -0.2) is 4.79 Å². The number of nitrogens with one attached hydrogen (secondary N) is 1. The van der Waals surface area contributed by atoms with Crippen LogP contribution in [0.15, 0.2) is 24.3 Å². The Morgan fingerprint density at radius 1 is 1.44 bits per heavy atom. The highest BCUT2D eigenvalue weighted by Gasteiger charge is 2.05. The maximum absolute atomic E-state index is 11.4. The van der Waals surface area contributed by atoms with Gasteiger partial charge >= 0.3 is 6.09 Å². The minimum atomic E-state index is -0.387. The van der Waals surface area contributed by atoms with Crippen molar-refractivity contribution in [1.82, 2.24) is 0 Å². The molecule has 0 aliphatic carbocycles. The molecule has 0 heterocycles. The van der Waals surface area contributed by atoms with E-state index in [4.69, 9.17) is 4.74 Å². The van der Waals surface area contributed by atoms with Crippen LogP contribution in [-0.2, 0) is 10.1 Å². The molecule has 16 heavy (non-hydrogen) atoms.